The van der Waals surface area contributed by atoms with E-state index in [1.807, 2.05) is 97.1 Å². The Balaban J connectivity index is 1.04. The van der Waals surface area contributed by atoms with E-state index >= 15 is 0 Å². The fraction of sp³-hybridized carbons (Fsp3) is 0.289. The topological polar surface area (TPSA) is 70.5 Å². The van der Waals surface area contributed by atoms with Crippen molar-refractivity contribution in [2.24, 2.45) is 0 Å². The fourth-order valence-electron chi connectivity index (χ4n) is 7.31. The molecule has 0 saturated carbocycles. The van der Waals surface area contributed by atoms with Gasteiger partial charge in [0.15, 0.2) is 0 Å². The Morgan fingerprint density at radius 1 is 0.833 bits per heavy atom. The highest BCUT2D eigenvalue weighted by atomic mass is 19.4. The first-order valence-corrected chi connectivity index (χ1v) is 16.3. The Hall–Kier alpha value is -4.96. The number of carbonyl (C=O) groups is 1. The minimum absolute atomic E-state index is 0.125. The van der Waals surface area contributed by atoms with Crippen molar-refractivity contribution >= 4 is 22.4 Å². The van der Waals surface area contributed by atoms with Crippen molar-refractivity contribution in [3.63, 3.8) is 0 Å². The molecule has 1 fully saturated rings. The minimum atomic E-state index is -4.51. The van der Waals surface area contributed by atoms with Crippen LogP contribution in [0.5, 0.6) is 0 Å². The molecule has 0 atom stereocenters. The summed E-state index contributed by atoms with van der Waals surface area (Å²) in [6, 6.07) is 30.8. The number of nitrogens with zero attached hydrogens (tertiary/aromatic N) is 4. The Morgan fingerprint density at radius 3 is 2.15 bits per heavy atom. The van der Waals surface area contributed by atoms with Gasteiger partial charge in [0.1, 0.15) is 12.0 Å². The van der Waals surface area contributed by atoms with Crippen LogP contribution in [0, 0.1) is 0 Å². The van der Waals surface area contributed by atoms with Crippen LogP contribution in [-0.4, -0.2) is 66.0 Å². The number of fused-ring (bicyclic) bond motifs is 4. The quantitative estimate of drug-likeness (QED) is 0.212. The van der Waals surface area contributed by atoms with E-state index in [-0.39, 0.29) is 5.56 Å². The molecule has 0 radical (unpaired) electrons. The molecule has 5 aromatic rings. The zero-order valence-electron chi connectivity index (χ0n) is 26.4. The number of halogens is 3. The average molecular weight is 652 g/mol. The van der Waals surface area contributed by atoms with Crippen LogP contribution in [-0.2, 0) is 16.8 Å². The van der Waals surface area contributed by atoms with Gasteiger partial charge in [-0.3, -0.25) is 14.5 Å². The highest BCUT2D eigenvalue weighted by Gasteiger charge is 2.49. The van der Waals surface area contributed by atoms with Gasteiger partial charge in [-0.25, -0.2) is 4.68 Å². The van der Waals surface area contributed by atoms with Gasteiger partial charge in [-0.15, -0.1) is 0 Å². The van der Waals surface area contributed by atoms with Gasteiger partial charge in [0.05, 0.1) is 18.1 Å². The number of amides is 1. The first-order valence-electron chi connectivity index (χ1n) is 16.3. The summed E-state index contributed by atoms with van der Waals surface area (Å²) in [5.74, 6) is -0.614. The molecule has 7 rings (SSSR count). The largest absolute Gasteiger partial charge is 0.405 e. The van der Waals surface area contributed by atoms with Crippen LogP contribution >= 0.6 is 0 Å². The predicted octanol–water partition coefficient (Wildman–Crippen LogP) is 5.99. The standard InChI is InChI=1S/C38H36F3N5O2/c39-38(40,41)26-42-36(48)37(33-13-6-4-11-30(33)31-12-5-7-14-34(31)37)17-8-18-44-19-21-45(22-20-44)29-16-15-28-24-43-46(35(47)32(28)23-29)25-27-9-2-1-3-10-27/h1-7,9-16,23-24H,8,17-22,25-26H2,(H,42,48). The van der Waals surface area contributed by atoms with E-state index in [9.17, 15) is 22.8 Å². The first-order chi connectivity index (χ1) is 23.2. The highest BCUT2D eigenvalue weighted by Crippen LogP contribution is 2.51. The number of rotatable bonds is 9. The molecule has 1 amide bonds. The van der Waals surface area contributed by atoms with Gasteiger partial charge in [-0.1, -0.05) is 84.9 Å². The van der Waals surface area contributed by atoms with Crippen LogP contribution < -0.4 is 15.8 Å². The van der Waals surface area contributed by atoms with Gasteiger partial charge in [0.2, 0.25) is 5.91 Å². The summed E-state index contributed by atoms with van der Waals surface area (Å²) >= 11 is 0. The maximum absolute atomic E-state index is 13.8. The van der Waals surface area contributed by atoms with Crippen molar-refractivity contribution in [2.75, 3.05) is 44.2 Å². The molecule has 1 saturated heterocycles. The second kappa shape index (κ2) is 12.9. The molecule has 246 valence electrons. The SMILES string of the molecule is O=C(NCC(F)(F)F)C1(CCCN2CCN(c3ccc4cnn(Cc5ccccc5)c(=O)c4c3)CC2)c2ccccc2-c2ccccc21. The normalized spacial score (nSPS) is 15.7. The average Bonchev–Trinajstić information content (AvgIpc) is 3.39. The van der Waals surface area contributed by atoms with Gasteiger partial charge in [-0.05, 0) is 59.3 Å². The molecule has 2 aliphatic rings. The number of alkyl halides is 3. The monoisotopic (exact) mass is 651 g/mol. The maximum Gasteiger partial charge on any atom is 0.405 e. The van der Waals surface area contributed by atoms with Crippen LogP contribution in [0.4, 0.5) is 18.9 Å². The number of aromatic nitrogens is 2. The Bertz CT molecular complexity index is 1960. The van der Waals surface area contributed by atoms with Gasteiger partial charge in [0.25, 0.3) is 5.56 Å². The van der Waals surface area contributed by atoms with Crippen molar-refractivity contribution in [2.45, 2.75) is 31.0 Å². The van der Waals surface area contributed by atoms with E-state index in [2.05, 4.69) is 20.2 Å². The summed E-state index contributed by atoms with van der Waals surface area (Å²) in [6.07, 6.45) is -1.75. The summed E-state index contributed by atoms with van der Waals surface area (Å²) in [6.45, 7) is 2.84. The lowest BCUT2D eigenvalue weighted by atomic mass is 9.73. The highest BCUT2D eigenvalue weighted by molar-refractivity contribution is 6.00. The molecule has 0 bridgehead atoms. The molecule has 1 aliphatic carbocycles. The zero-order valence-corrected chi connectivity index (χ0v) is 26.4. The molecule has 4 aromatic carbocycles. The lowest BCUT2D eigenvalue weighted by Crippen LogP contribution is -2.48. The Labute approximate surface area is 276 Å². The number of piperazine rings is 1. The van der Waals surface area contributed by atoms with Gasteiger partial charge in [-0.2, -0.15) is 18.3 Å². The van der Waals surface area contributed by atoms with Gasteiger partial charge >= 0.3 is 6.18 Å². The van der Waals surface area contributed by atoms with Crippen molar-refractivity contribution < 1.29 is 18.0 Å². The van der Waals surface area contributed by atoms with Crippen molar-refractivity contribution in [1.29, 1.82) is 0 Å². The first kappa shape index (κ1) is 31.6. The van der Waals surface area contributed by atoms with E-state index in [1.165, 1.54) is 4.68 Å². The molecule has 1 aromatic heterocycles. The van der Waals surface area contributed by atoms with Crippen LogP contribution in [0.15, 0.2) is 108 Å². The summed E-state index contributed by atoms with van der Waals surface area (Å²) in [4.78, 5) is 31.8. The lowest BCUT2D eigenvalue weighted by molar-refractivity contribution is -0.141. The lowest BCUT2D eigenvalue weighted by Gasteiger charge is -2.37. The molecular formula is C38H36F3N5O2. The summed E-state index contributed by atoms with van der Waals surface area (Å²) in [7, 11) is 0. The molecule has 2 heterocycles. The third-order valence-electron chi connectivity index (χ3n) is 9.68. The smallest absolute Gasteiger partial charge is 0.369 e. The number of nitrogens with one attached hydrogen (secondary N) is 1. The Morgan fingerprint density at radius 2 is 1.48 bits per heavy atom. The predicted molar refractivity (Wildman–Crippen MR) is 181 cm³/mol. The third-order valence-corrected chi connectivity index (χ3v) is 9.68. The number of hydrogen-bond acceptors (Lipinski definition) is 5. The summed E-state index contributed by atoms with van der Waals surface area (Å²) in [5.41, 5.74) is 3.95. The third kappa shape index (κ3) is 6.08. The molecule has 7 nitrogen and oxygen atoms in total. The van der Waals surface area contributed by atoms with E-state index in [0.29, 0.717) is 31.3 Å². The minimum Gasteiger partial charge on any atom is -0.369 e. The molecule has 10 heteroatoms. The van der Waals surface area contributed by atoms with Crippen LogP contribution in [0.1, 0.15) is 29.5 Å². The van der Waals surface area contributed by atoms with Crippen molar-refractivity contribution in [3.05, 3.63) is 130 Å². The molecular weight excluding hydrogens is 615 g/mol. The van der Waals surface area contributed by atoms with Crippen LogP contribution in [0.25, 0.3) is 21.9 Å². The van der Waals surface area contributed by atoms with Gasteiger partial charge < -0.3 is 10.2 Å². The van der Waals surface area contributed by atoms with Crippen molar-refractivity contribution in [1.82, 2.24) is 20.0 Å². The van der Waals surface area contributed by atoms with E-state index in [4.69, 9.17) is 0 Å². The molecule has 1 N–H and O–H groups in total. The zero-order chi connectivity index (χ0) is 33.3. The maximum atomic E-state index is 13.8. The van der Waals surface area contributed by atoms with Crippen LogP contribution in [0.3, 0.4) is 0 Å². The van der Waals surface area contributed by atoms with Crippen molar-refractivity contribution in [3.8, 4) is 11.1 Å². The van der Waals surface area contributed by atoms with E-state index < -0.39 is 24.0 Å². The number of carbonyl (C=O) groups excluding carboxylic acids is 1. The second-order valence-corrected chi connectivity index (χ2v) is 12.6. The number of benzene rings is 4. The fourth-order valence-corrected chi connectivity index (χ4v) is 7.31. The van der Waals surface area contributed by atoms with Crippen LogP contribution in [0.2, 0.25) is 0 Å². The number of anilines is 1. The molecule has 0 spiro atoms. The second-order valence-electron chi connectivity index (χ2n) is 12.6. The summed E-state index contributed by atoms with van der Waals surface area (Å²) in [5, 5.41) is 8.03. The Kier molecular flexibility index (Phi) is 8.51. The molecule has 0 unspecified atom stereocenters. The number of hydrogen-bond donors (Lipinski definition) is 1. The van der Waals surface area contributed by atoms with E-state index in [0.717, 1.165) is 65.1 Å². The van der Waals surface area contributed by atoms with Gasteiger partial charge in [0, 0.05) is 37.3 Å². The van der Waals surface area contributed by atoms with E-state index in [1.54, 1.807) is 6.20 Å². The summed E-state index contributed by atoms with van der Waals surface area (Å²) < 4.78 is 41.2. The molecule has 1 aliphatic heterocycles. The molecule has 48 heavy (non-hydrogen) atoms.